The van der Waals surface area contributed by atoms with Gasteiger partial charge in [0.1, 0.15) is 22.1 Å². The zero-order valence-corrected chi connectivity index (χ0v) is 34.2. The molecule has 10 heteroatoms. The van der Waals surface area contributed by atoms with Crippen molar-refractivity contribution in [2.45, 2.75) is 188 Å². The van der Waals surface area contributed by atoms with Crippen molar-refractivity contribution in [3.63, 3.8) is 0 Å². The molecule has 1 saturated heterocycles. The van der Waals surface area contributed by atoms with E-state index in [-0.39, 0.29) is 41.9 Å². The first-order valence-corrected chi connectivity index (χ1v) is 26.9. The Kier molecular flexibility index (Phi) is 10.7. The van der Waals surface area contributed by atoms with E-state index in [9.17, 15) is 4.79 Å². The molecule has 0 spiro atoms. The Balaban J connectivity index is 1.85. The molecular formula is C33H68BNO5Si3. The number of rotatable bonds is 12. The average molecular weight is 654 g/mol. The first-order valence-electron chi connectivity index (χ1n) is 17.1. The van der Waals surface area contributed by atoms with Gasteiger partial charge >= 0.3 is 13.1 Å². The Bertz CT molecular complexity index is 982. The zero-order chi connectivity index (χ0) is 33.2. The first-order chi connectivity index (χ1) is 19.1. The zero-order valence-electron chi connectivity index (χ0n) is 31.2. The van der Waals surface area contributed by atoms with Crippen molar-refractivity contribution in [1.29, 1.82) is 0 Å². The third-order valence-electron chi connectivity index (χ3n) is 11.0. The van der Waals surface area contributed by atoms with Gasteiger partial charge in [0, 0.05) is 5.94 Å². The monoisotopic (exact) mass is 653 g/mol. The molecule has 2 bridgehead atoms. The summed E-state index contributed by atoms with van der Waals surface area (Å²) in [5.74, 6) is 1.34. The summed E-state index contributed by atoms with van der Waals surface area (Å²) >= 11 is 0. The predicted octanol–water partition coefficient (Wildman–Crippen LogP) is 8.89. The van der Waals surface area contributed by atoms with Crippen LogP contribution in [0.2, 0.25) is 57.4 Å². The SMILES string of the molecule is CC(C)(C)OC(=O)CC(CCC[C@H](B1O[C@@H]2[C@@H]3C[C@H](C[C@]2(C)O1)C3(C)C)N([Si](C)(C)C)[Si](C)(C)C)O[Si](C)(C)C(C)(C)C. The van der Waals surface area contributed by atoms with Crippen molar-refractivity contribution in [2.75, 3.05) is 0 Å². The van der Waals surface area contributed by atoms with Crippen LogP contribution in [0, 0.1) is 17.3 Å². The van der Waals surface area contributed by atoms with Gasteiger partial charge in [0.15, 0.2) is 8.32 Å². The minimum absolute atomic E-state index is 0.0693. The second kappa shape index (κ2) is 12.2. The van der Waals surface area contributed by atoms with Gasteiger partial charge in [-0.15, -0.1) is 0 Å². The molecule has 4 aliphatic rings. The maximum absolute atomic E-state index is 13.0. The number of carbonyl (C=O) groups is 1. The number of esters is 1. The Morgan fingerprint density at radius 3 is 1.98 bits per heavy atom. The van der Waals surface area contributed by atoms with Gasteiger partial charge in [0.25, 0.3) is 0 Å². The summed E-state index contributed by atoms with van der Waals surface area (Å²) in [5, 5.41) is 0.0693. The highest BCUT2D eigenvalue weighted by molar-refractivity contribution is 6.90. The van der Waals surface area contributed by atoms with E-state index in [4.69, 9.17) is 18.5 Å². The summed E-state index contributed by atoms with van der Waals surface area (Å²) in [6.45, 7) is 39.2. The minimum atomic E-state index is -2.08. The van der Waals surface area contributed by atoms with Gasteiger partial charge in [-0.2, -0.15) is 0 Å². The van der Waals surface area contributed by atoms with Crippen molar-refractivity contribution in [2.24, 2.45) is 17.3 Å². The maximum Gasteiger partial charge on any atom is 0.474 e. The molecule has 3 aliphatic carbocycles. The van der Waals surface area contributed by atoms with Gasteiger partial charge in [-0.05, 0) is 95.2 Å². The fourth-order valence-electron chi connectivity index (χ4n) is 8.22. The van der Waals surface area contributed by atoms with E-state index >= 15 is 0 Å². The van der Waals surface area contributed by atoms with Crippen LogP contribution in [0.15, 0.2) is 0 Å². The number of hydrogen-bond donors (Lipinski definition) is 0. The van der Waals surface area contributed by atoms with Crippen LogP contribution >= 0.6 is 0 Å². The molecule has 3 saturated carbocycles. The largest absolute Gasteiger partial charge is 0.474 e. The lowest BCUT2D eigenvalue weighted by Gasteiger charge is -2.63. The van der Waals surface area contributed by atoms with Crippen LogP contribution in [-0.2, 0) is 23.3 Å². The summed E-state index contributed by atoms with van der Waals surface area (Å²) in [4.78, 5) is 13.0. The fraction of sp³-hybridized carbons (Fsp3) is 0.970. The van der Waals surface area contributed by atoms with E-state index in [1.807, 2.05) is 20.8 Å². The molecule has 1 heterocycles. The van der Waals surface area contributed by atoms with Crippen LogP contribution in [0.25, 0.3) is 0 Å². The van der Waals surface area contributed by atoms with E-state index in [2.05, 4.69) is 98.1 Å². The van der Waals surface area contributed by atoms with Gasteiger partial charge in [-0.1, -0.05) is 73.9 Å². The molecule has 250 valence electrons. The summed E-state index contributed by atoms with van der Waals surface area (Å²) < 4.78 is 29.7. The van der Waals surface area contributed by atoms with Gasteiger partial charge in [0.05, 0.1) is 24.2 Å². The Labute approximate surface area is 269 Å². The molecule has 4 fully saturated rings. The highest BCUT2D eigenvalue weighted by Crippen LogP contribution is 2.65. The van der Waals surface area contributed by atoms with Crippen LogP contribution in [0.1, 0.15) is 101 Å². The second-order valence-corrected chi connectivity index (χ2v) is 34.3. The maximum atomic E-state index is 13.0. The molecule has 0 aromatic heterocycles. The summed E-state index contributed by atoms with van der Waals surface area (Å²) in [5.41, 5.74) is -0.357. The molecule has 0 N–H and O–H groups in total. The summed E-state index contributed by atoms with van der Waals surface area (Å²) in [6, 6.07) is 0. The molecule has 0 amide bonds. The molecule has 4 rings (SSSR count). The van der Waals surface area contributed by atoms with Crippen molar-refractivity contribution in [1.82, 2.24) is 4.23 Å². The van der Waals surface area contributed by atoms with Crippen LogP contribution in [0.4, 0.5) is 0 Å². The minimum Gasteiger partial charge on any atom is -0.460 e. The number of hydrogen-bond acceptors (Lipinski definition) is 6. The predicted molar refractivity (Wildman–Crippen MR) is 189 cm³/mol. The Morgan fingerprint density at radius 2 is 1.51 bits per heavy atom. The second-order valence-electron chi connectivity index (χ2n) is 19.4. The standard InChI is InChI=1S/C33H68BNO5Si3/c1-30(2,3)37-28(36)22-25(39-43(16,17)31(4,5)6)19-18-20-27(35(41(10,11)12)42(13,14)15)34-38-29-26-21-24(32(26,7)8)23-33(29,9)40-34/h24-27,29H,18-23H2,1-17H3/t24-,25?,26+,27-,29-,33+/m1/s1. The number of carbonyl (C=O) groups excluding carboxylic acids is 1. The molecule has 43 heavy (non-hydrogen) atoms. The summed E-state index contributed by atoms with van der Waals surface area (Å²) in [7, 11) is -5.73. The molecular weight excluding hydrogens is 585 g/mol. The van der Waals surface area contributed by atoms with Crippen LogP contribution < -0.4 is 0 Å². The lowest BCUT2D eigenvalue weighted by atomic mass is 9.45. The van der Waals surface area contributed by atoms with Gasteiger partial charge in [-0.25, -0.2) is 0 Å². The van der Waals surface area contributed by atoms with Crippen LogP contribution in [0.3, 0.4) is 0 Å². The first kappa shape index (κ1) is 37.5. The van der Waals surface area contributed by atoms with E-state index in [1.54, 1.807) is 0 Å². The van der Waals surface area contributed by atoms with Crippen molar-refractivity contribution < 1.29 is 23.3 Å². The van der Waals surface area contributed by atoms with Crippen molar-refractivity contribution in [3.8, 4) is 0 Å². The normalized spacial score (nSPS) is 29.3. The summed E-state index contributed by atoms with van der Waals surface area (Å²) in [6.07, 6.45) is 5.47. The average Bonchev–Trinajstić information content (AvgIpc) is 3.11. The molecule has 6 nitrogen and oxygen atoms in total. The highest BCUT2D eigenvalue weighted by Gasteiger charge is 2.68. The van der Waals surface area contributed by atoms with E-state index < -0.39 is 30.4 Å². The molecule has 0 aromatic carbocycles. The molecule has 1 aliphatic heterocycles. The Hall–Kier alpha value is 0.0256. The fourth-order valence-corrected chi connectivity index (χ4v) is 20.1. The van der Waals surface area contributed by atoms with Crippen LogP contribution in [-0.4, -0.2) is 71.5 Å². The van der Waals surface area contributed by atoms with Crippen molar-refractivity contribution >= 4 is 37.9 Å². The van der Waals surface area contributed by atoms with E-state index in [1.165, 1.54) is 6.42 Å². The van der Waals surface area contributed by atoms with E-state index in [0.717, 1.165) is 31.6 Å². The number of ether oxygens (including phenoxy) is 1. The van der Waals surface area contributed by atoms with Crippen molar-refractivity contribution in [3.05, 3.63) is 0 Å². The number of nitrogens with zero attached hydrogens (tertiary/aromatic N) is 1. The highest BCUT2D eigenvalue weighted by atomic mass is 28.4. The van der Waals surface area contributed by atoms with E-state index in [0.29, 0.717) is 17.8 Å². The molecule has 0 radical (unpaired) electrons. The topological polar surface area (TPSA) is 57.2 Å². The molecule has 1 unspecified atom stereocenters. The molecule has 0 aromatic rings. The lowest BCUT2D eigenvalue weighted by Crippen LogP contribution is -2.67. The van der Waals surface area contributed by atoms with Gasteiger partial charge in [-0.3, -0.25) is 4.79 Å². The quantitative estimate of drug-likeness (QED) is 0.155. The van der Waals surface area contributed by atoms with Gasteiger partial charge < -0.3 is 22.7 Å². The molecule has 6 atom stereocenters. The third kappa shape index (κ3) is 8.49. The van der Waals surface area contributed by atoms with Gasteiger partial charge in [0.2, 0.25) is 0 Å². The Morgan fingerprint density at radius 1 is 0.953 bits per heavy atom. The lowest BCUT2D eigenvalue weighted by molar-refractivity contribution is -0.185. The smallest absolute Gasteiger partial charge is 0.460 e. The van der Waals surface area contributed by atoms with Crippen LogP contribution in [0.5, 0.6) is 0 Å². The third-order valence-corrected chi connectivity index (χ3v) is 23.1.